The molecule has 0 aromatic rings. The van der Waals surface area contributed by atoms with Crippen molar-refractivity contribution in [3.05, 3.63) is 0 Å². The minimum atomic E-state index is 0.337. The first-order valence-corrected chi connectivity index (χ1v) is 8.33. The van der Waals surface area contributed by atoms with Crippen molar-refractivity contribution in [2.24, 2.45) is 17.8 Å². The highest BCUT2D eigenvalue weighted by molar-refractivity contribution is 4.78. The summed E-state index contributed by atoms with van der Waals surface area (Å²) in [6, 6.07) is 0. The Bertz CT molecular complexity index is 227. The Hall–Kier alpha value is -0.0800. The molecule has 1 saturated heterocycles. The molecule has 114 valence electrons. The molecule has 0 aromatic carbocycles. The normalized spacial score (nSPS) is 26.8. The minimum absolute atomic E-state index is 0.337. The van der Waals surface area contributed by atoms with E-state index in [0.717, 1.165) is 18.8 Å². The van der Waals surface area contributed by atoms with Gasteiger partial charge in [-0.3, -0.25) is 0 Å². The monoisotopic (exact) mass is 270 g/mol. The van der Waals surface area contributed by atoms with Gasteiger partial charge in [-0.15, -0.1) is 0 Å². The van der Waals surface area contributed by atoms with Crippen molar-refractivity contribution in [2.45, 2.75) is 84.8 Å². The van der Waals surface area contributed by atoms with Gasteiger partial charge in [0.15, 0.2) is 0 Å². The van der Waals surface area contributed by atoms with E-state index >= 15 is 0 Å². The highest BCUT2D eigenvalue weighted by atomic mass is 16.5. The largest absolute Gasteiger partial charge is 0.396 e. The van der Waals surface area contributed by atoms with Crippen LogP contribution in [0.15, 0.2) is 0 Å². The fourth-order valence-corrected chi connectivity index (χ4v) is 3.28. The van der Waals surface area contributed by atoms with Gasteiger partial charge >= 0.3 is 0 Å². The molecule has 4 unspecified atom stereocenters. The third-order valence-electron chi connectivity index (χ3n) is 4.53. The van der Waals surface area contributed by atoms with Crippen molar-refractivity contribution in [3.8, 4) is 0 Å². The average molecular weight is 270 g/mol. The van der Waals surface area contributed by atoms with Crippen molar-refractivity contribution >= 4 is 0 Å². The van der Waals surface area contributed by atoms with E-state index in [1.165, 1.54) is 32.1 Å². The Morgan fingerprint density at radius 3 is 2.26 bits per heavy atom. The Kier molecular flexibility index (Phi) is 8.01. The zero-order valence-corrected chi connectivity index (χ0v) is 13.4. The van der Waals surface area contributed by atoms with Gasteiger partial charge in [0.05, 0.1) is 12.2 Å². The van der Waals surface area contributed by atoms with Gasteiger partial charge in [-0.1, -0.05) is 40.5 Å². The first-order valence-electron chi connectivity index (χ1n) is 8.33. The Morgan fingerprint density at radius 1 is 1.11 bits per heavy atom. The van der Waals surface area contributed by atoms with E-state index in [1.54, 1.807) is 0 Å². The van der Waals surface area contributed by atoms with Crippen molar-refractivity contribution in [1.82, 2.24) is 0 Å². The van der Waals surface area contributed by atoms with Crippen molar-refractivity contribution in [1.29, 1.82) is 0 Å². The third-order valence-corrected chi connectivity index (χ3v) is 4.53. The highest BCUT2D eigenvalue weighted by Crippen LogP contribution is 2.31. The predicted octanol–water partition coefficient (Wildman–Crippen LogP) is 4.41. The molecule has 0 radical (unpaired) electrons. The lowest BCUT2D eigenvalue weighted by molar-refractivity contribution is 0.0138. The number of hydrogen-bond donors (Lipinski definition) is 1. The van der Waals surface area contributed by atoms with Gasteiger partial charge in [0.25, 0.3) is 0 Å². The van der Waals surface area contributed by atoms with E-state index in [0.29, 0.717) is 30.7 Å². The summed E-state index contributed by atoms with van der Waals surface area (Å²) in [5.41, 5.74) is 0. The molecule has 1 N–H and O–H groups in total. The topological polar surface area (TPSA) is 29.5 Å². The van der Waals surface area contributed by atoms with E-state index in [1.807, 2.05) is 0 Å². The summed E-state index contributed by atoms with van der Waals surface area (Å²) in [6.45, 7) is 9.38. The van der Waals surface area contributed by atoms with Crippen LogP contribution >= 0.6 is 0 Å². The van der Waals surface area contributed by atoms with Crippen molar-refractivity contribution in [2.75, 3.05) is 6.61 Å². The van der Waals surface area contributed by atoms with Gasteiger partial charge in [0, 0.05) is 6.61 Å². The highest BCUT2D eigenvalue weighted by Gasteiger charge is 2.28. The van der Waals surface area contributed by atoms with E-state index in [2.05, 4.69) is 27.7 Å². The minimum Gasteiger partial charge on any atom is -0.396 e. The van der Waals surface area contributed by atoms with Gasteiger partial charge in [0.2, 0.25) is 0 Å². The van der Waals surface area contributed by atoms with Crippen LogP contribution in [0.1, 0.15) is 72.6 Å². The van der Waals surface area contributed by atoms with E-state index < -0.39 is 0 Å². The quantitative estimate of drug-likeness (QED) is 0.672. The average Bonchev–Trinajstić information content (AvgIpc) is 2.76. The van der Waals surface area contributed by atoms with Gasteiger partial charge in [-0.05, 0) is 49.9 Å². The summed E-state index contributed by atoms with van der Waals surface area (Å²) >= 11 is 0. The molecular formula is C17H34O2. The summed E-state index contributed by atoms with van der Waals surface area (Å²) in [4.78, 5) is 0. The number of aliphatic hydroxyl groups is 1. The summed E-state index contributed by atoms with van der Waals surface area (Å²) in [5, 5.41) is 9.53. The lowest BCUT2D eigenvalue weighted by Gasteiger charge is -2.25. The molecule has 0 aliphatic carbocycles. The van der Waals surface area contributed by atoms with E-state index in [-0.39, 0.29) is 0 Å². The third kappa shape index (κ3) is 6.27. The molecule has 1 rings (SSSR count). The zero-order valence-electron chi connectivity index (χ0n) is 13.4. The van der Waals surface area contributed by atoms with Crippen LogP contribution in [0.3, 0.4) is 0 Å². The van der Waals surface area contributed by atoms with Gasteiger partial charge < -0.3 is 9.84 Å². The molecule has 0 spiro atoms. The molecule has 0 saturated carbocycles. The molecular weight excluding hydrogens is 236 g/mol. The van der Waals surface area contributed by atoms with E-state index in [9.17, 15) is 5.11 Å². The van der Waals surface area contributed by atoms with Crippen LogP contribution in [0.5, 0.6) is 0 Å². The molecule has 0 bridgehead atoms. The lowest BCUT2D eigenvalue weighted by Crippen LogP contribution is -2.22. The zero-order chi connectivity index (χ0) is 14.3. The second-order valence-corrected chi connectivity index (χ2v) is 6.88. The maximum Gasteiger partial charge on any atom is 0.0582 e. The van der Waals surface area contributed by atoms with E-state index in [4.69, 9.17) is 4.74 Å². The van der Waals surface area contributed by atoms with Crippen LogP contribution in [-0.4, -0.2) is 23.9 Å². The number of aliphatic hydroxyl groups excluding tert-OH is 1. The predicted molar refractivity (Wildman–Crippen MR) is 81.2 cm³/mol. The summed E-state index contributed by atoms with van der Waals surface area (Å²) in [5.74, 6) is 1.78. The second kappa shape index (κ2) is 8.97. The van der Waals surface area contributed by atoms with Gasteiger partial charge in [0.1, 0.15) is 0 Å². The van der Waals surface area contributed by atoms with Gasteiger partial charge in [-0.25, -0.2) is 0 Å². The fourth-order valence-electron chi connectivity index (χ4n) is 3.28. The number of unbranched alkanes of at least 4 members (excludes halogenated alkanes) is 1. The molecule has 0 amide bonds. The SMILES string of the molecule is CCCCC(CO)C(C)CC1CCC(CC(C)C)O1. The number of hydrogen-bond acceptors (Lipinski definition) is 2. The maximum atomic E-state index is 9.53. The lowest BCUT2D eigenvalue weighted by atomic mass is 9.85. The van der Waals surface area contributed by atoms with Crippen LogP contribution < -0.4 is 0 Å². The molecule has 1 aliphatic heterocycles. The van der Waals surface area contributed by atoms with Gasteiger partial charge in [-0.2, -0.15) is 0 Å². The Labute approximate surface area is 119 Å². The standard InChI is InChI=1S/C17H34O2/c1-5-6-7-15(12-18)14(4)11-17-9-8-16(19-17)10-13(2)3/h13-18H,5-12H2,1-4H3. The van der Waals surface area contributed by atoms with Crippen LogP contribution in [0.2, 0.25) is 0 Å². The Morgan fingerprint density at radius 2 is 1.74 bits per heavy atom. The molecule has 1 fully saturated rings. The summed E-state index contributed by atoms with van der Waals surface area (Å²) in [6.07, 6.45) is 9.32. The molecule has 4 atom stereocenters. The summed E-state index contributed by atoms with van der Waals surface area (Å²) < 4.78 is 6.16. The Balaban J connectivity index is 2.30. The maximum absolute atomic E-state index is 9.53. The van der Waals surface area contributed by atoms with Crippen LogP contribution in [0.25, 0.3) is 0 Å². The molecule has 1 aliphatic rings. The smallest absolute Gasteiger partial charge is 0.0582 e. The van der Waals surface area contributed by atoms with Crippen molar-refractivity contribution in [3.63, 3.8) is 0 Å². The summed E-state index contributed by atoms with van der Waals surface area (Å²) in [7, 11) is 0. The first kappa shape index (κ1) is 17.0. The molecule has 0 aromatic heterocycles. The van der Waals surface area contributed by atoms with Crippen molar-refractivity contribution < 1.29 is 9.84 Å². The molecule has 2 nitrogen and oxygen atoms in total. The van der Waals surface area contributed by atoms with Crippen LogP contribution in [0.4, 0.5) is 0 Å². The van der Waals surface area contributed by atoms with Crippen LogP contribution in [-0.2, 0) is 4.74 Å². The second-order valence-electron chi connectivity index (χ2n) is 6.88. The number of rotatable bonds is 9. The molecule has 2 heteroatoms. The molecule has 19 heavy (non-hydrogen) atoms. The first-order chi connectivity index (χ1) is 9.06. The molecule has 1 heterocycles. The fraction of sp³-hybridized carbons (Fsp3) is 1.00. The number of ether oxygens (including phenoxy) is 1. The van der Waals surface area contributed by atoms with Crippen LogP contribution in [0, 0.1) is 17.8 Å².